The van der Waals surface area contributed by atoms with Crippen molar-refractivity contribution in [3.63, 3.8) is 0 Å². The standard InChI is InChI=1S/C24H40N4O2/c1-18(2)14-27(15-19(3)4)17-23(30)28-12-10-26(11-13-28)16-22(29)25-24-20(5)8-7-9-21(24)6/h7-9,18-19H,10-17H2,1-6H3,(H,25,29). The summed E-state index contributed by atoms with van der Waals surface area (Å²) < 4.78 is 0. The van der Waals surface area contributed by atoms with Crippen molar-refractivity contribution in [2.45, 2.75) is 41.5 Å². The van der Waals surface area contributed by atoms with Crippen LogP contribution in [0.25, 0.3) is 0 Å². The van der Waals surface area contributed by atoms with Gasteiger partial charge < -0.3 is 10.2 Å². The van der Waals surface area contributed by atoms with Crippen LogP contribution in [0, 0.1) is 25.7 Å². The molecule has 1 aromatic rings. The molecule has 1 aliphatic heterocycles. The van der Waals surface area contributed by atoms with E-state index >= 15 is 0 Å². The summed E-state index contributed by atoms with van der Waals surface area (Å²) in [5, 5.41) is 3.05. The van der Waals surface area contributed by atoms with Crippen LogP contribution in [0.4, 0.5) is 5.69 Å². The van der Waals surface area contributed by atoms with Crippen LogP contribution in [-0.4, -0.2) is 78.9 Å². The Morgan fingerprint density at radius 2 is 1.50 bits per heavy atom. The largest absolute Gasteiger partial charge is 0.339 e. The van der Waals surface area contributed by atoms with Crippen LogP contribution in [0.5, 0.6) is 0 Å². The van der Waals surface area contributed by atoms with E-state index in [9.17, 15) is 9.59 Å². The molecule has 1 aliphatic rings. The molecule has 0 unspecified atom stereocenters. The Morgan fingerprint density at radius 3 is 2.00 bits per heavy atom. The molecule has 0 spiro atoms. The molecule has 0 bridgehead atoms. The normalized spacial score (nSPS) is 15.3. The van der Waals surface area contributed by atoms with Gasteiger partial charge in [-0.15, -0.1) is 0 Å². The van der Waals surface area contributed by atoms with Gasteiger partial charge in [0.25, 0.3) is 0 Å². The summed E-state index contributed by atoms with van der Waals surface area (Å²) >= 11 is 0. The minimum Gasteiger partial charge on any atom is -0.339 e. The molecular formula is C24H40N4O2. The number of benzene rings is 1. The second-order valence-corrected chi connectivity index (χ2v) is 9.45. The molecule has 1 aromatic carbocycles. The number of carbonyl (C=O) groups excluding carboxylic acids is 2. The van der Waals surface area contributed by atoms with Crippen molar-refractivity contribution in [2.24, 2.45) is 11.8 Å². The lowest BCUT2D eigenvalue weighted by molar-refractivity contribution is -0.134. The summed E-state index contributed by atoms with van der Waals surface area (Å²) in [6.07, 6.45) is 0. The number of carbonyl (C=O) groups is 2. The highest BCUT2D eigenvalue weighted by Crippen LogP contribution is 2.19. The Hall–Kier alpha value is -1.92. The van der Waals surface area contributed by atoms with E-state index in [4.69, 9.17) is 0 Å². The average Bonchev–Trinajstić information content (AvgIpc) is 2.64. The topological polar surface area (TPSA) is 55.9 Å². The Bertz CT molecular complexity index is 679. The molecule has 0 aromatic heterocycles. The molecule has 0 aliphatic carbocycles. The van der Waals surface area contributed by atoms with Crippen LogP contribution in [0.2, 0.25) is 0 Å². The van der Waals surface area contributed by atoms with Gasteiger partial charge >= 0.3 is 0 Å². The fraction of sp³-hybridized carbons (Fsp3) is 0.667. The molecule has 30 heavy (non-hydrogen) atoms. The monoisotopic (exact) mass is 416 g/mol. The first-order chi connectivity index (χ1) is 14.2. The number of aryl methyl sites for hydroxylation is 2. The van der Waals surface area contributed by atoms with Crippen molar-refractivity contribution in [1.82, 2.24) is 14.7 Å². The van der Waals surface area contributed by atoms with Gasteiger partial charge in [-0.3, -0.25) is 19.4 Å². The maximum atomic E-state index is 12.8. The lowest BCUT2D eigenvalue weighted by atomic mass is 10.1. The number of nitrogens with one attached hydrogen (secondary N) is 1. The molecule has 1 saturated heterocycles. The van der Waals surface area contributed by atoms with E-state index in [0.717, 1.165) is 43.0 Å². The van der Waals surface area contributed by atoms with Crippen LogP contribution in [-0.2, 0) is 9.59 Å². The number of piperazine rings is 1. The Kier molecular flexibility index (Phi) is 9.31. The lowest BCUT2D eigenvalue weighted by Crippen LogP contribution is -2.52. The molecule has 2 amide bonds. The zero-order chi connectivity index (χ0) is 22.3. The summed E-state index contributed by atoms with van der Waals surface area (Å²) in [4.78, 5) is 31.7. The second kappa shape index (κ2) is 11.5. The van der Waals surface area contributed by atoms with Crippen LogP contribution in [0.15, 0.2) is 18.2 Å². The SMILES string of the molecule is Cc1cccc(C)c1NC(=O)CN1CCN(C(=O)CN(CC(C)C)CC(C)C)CC1. The number of para-hydroxylation sites is 1. The van der Waals surface area contributed by atoms with E-state index in [-0.39, 0.29) is 11.8 Å². The zero-order valence-electron chi connectivity index (χ0n) is 19.7. The Labute approximate surface area is 182 Å². The van der Waals surface area contributed by atoms with Crippen molar-refractivity contribution in [3.8, 4) is 0 Å². The third kappa shape index (κ3) is 7.73. The van der Waals surface area contributed by atoms with Crippen molar-refractivity contribution in [1.29, 1.82) is 0 Å². The smallest absolute Gasteiger partial charge is 0.238 e. The predicted molar refractivity (Wildman–Crippen MR) is 124 cm³/mol. The summed E-state index contributed by atoms with van der Waals surface area (Å²) in [5.74, 6) is 1.30. The highest BCUT2D eigenvalue weighted by molar-refractivity contribution is 5.93. The molecule has 0 radical (unpaired) electrons. The van der Waals surface area contributed by atoms with E-state index in [0.29, 0.717) is 38.0 Å². The Balaban J connectivity index is 1.80. The molecule has 1 N–H and O–H groups in total. The number of anilines is 1. The number of nitrogens with zero attached hydrogens (tertiary/aromatic N) is 3. The average molecular weight is 417 g/mol. The van der Waals surface area contributed by atoms with E-state index < -0.39 is 0 Å². The second-order valence-electron chi connectivity index (χ2n) is 9.45. The van der Waals surface area contributed by atoms with Gasteiger partial charge in [0.15, 0.2) is 0 Å². The van der Waals surface area contributed by atoms with Crippen LogP contribution >= 0.6 is 0 Å². The third-order valence-electron chi connectivity index (χ3n) is 5.44. The zero-order valence-corrected chi connectivity index (χ0v) is 19.7. The minimum atomic E-state index is 0.00668. The van der Waals surface area contributed by atoms with Gasteiger partial charge in [-0.05, 0) is 36.8 Å². The highest BCUT2D eigenvalue weighted by atomic mass is 16.2. The summed E-state index contributed by atoms with van der Waals surface area (Å²) in [5.41, 5.74) is 3.06. The number of rotatable bonds is 9. The minimum absolute atomic E-state index is 0.00668. The molecule has 168 valence electrons. The molecule has 0 saturated carbocycles. The van der Waals surface area contributed by atoms with E-state index in [1.807, 2.05) is 36.9 Å². The quantitative estimate of drug-likeness (QED) is 0.672. The van der Waals surface area contributed by atoms with E-state index in [1.54, 1.807) is 0 Å². The van der Waals surface area contributed by atoms with Crippen LogP contribution in [0.1, 0.15) is 38.8 Å². The number of hydrogen-bond donors (Lipinski definition) is 1. The molecule has 1 fully saturated rings. The van der Waals surface area contributed by atoms with Crippen molar-refractivity contribution >= 4 is 17.5 Å². The van der Waals surface area contributed by atoms with Crippen LogP contribution < -0.4 is 5.32 Å². The predicted octanol–water partition coefficient (Wildman–Crippen LogP) is 3.00. The fourth-order valence-corrected chi connectivity index (χ4v) is 4.08. The van der Waals surface area contributed by atoms with Gasteiger partial charge in [-0.25, -0.2) is 0 Å². The molecule has 2 rings (SSSR count). The molecule has 1 heterocycles. The van der Waals surface area contributed by atoms with Crippen molar-refractivity contribution in [2.75, 3.05) is 57.7 Å². The maximum absolute atomic E-state index is 12.8. The molecule has 6 heteroatoms. The first-order valence-corrected chi connectivity index (χ1v) is 11.2. The van der Waals surface area contributed by atoms with Gasteiger partial charge in [-0.2, -0.15) is 0 Å². The van der Waals surface area contributed by atoms with Gasteiger partial charge in [0.2, 0.25) is 11.8 Å². The molecular weight excluding hydrogens is 376 g/mol. The van der Waals surface area contributed by atoms with Crippen molar-refractivity contribution in [3.05, 3.63) is 29.3 Å². The van der Waals surface area contributed by atoms with Crippen molar-refractivity contribution < 1.29 is 9.59 Å². The van der Waals surface area contributed by atoms with Crippen LogP contribution in [0.3, 0.4) is 0 Å². The summed E-state index contributed by atoms with van der Waals surface area (Å²) in [6.45, 7) is 18.4. The first-order valence-electron chi connectivity index (χ1n) is 11.2. The third-order valence-corrected chi connectivity index (χ3v) is 5.44. The molecule has 6 nitrogen and oxygen atoms in total. The lowest BCUT2D eigenvalue weighted by Gasteiger charge is -2.36. The first kappa shape index (κ1) is 24.4. The Morgan fingerprint density at radius 1 is 0.967 bits per heavy atom. The fourth-order valence-electron chi connectivity index (χ4n) is 4.08. The van der Waals surface area contributed by atoms with Gasteiger partial charge in [0, 0.05) is 45.0 Å². The van der Waals surface area contributed by atoms with E-state index in [1.165, 1.54) is 0 Å². The number of hydrogen-bond acceptors (Lipinski definition) is 4. The van der Waals surface area contributed by atoms with Gasteiger partial charge in [0.1, 0.15) is 0 Å². The highest BCUT2D eigenvalue weighted by Gasteiger charge is 2.24. The number of amides is 2. The summed E-state index contributed by atoms with van der Waals surface area (Å²) in [6, 6.07) is 6.02. The summed E-state index contributed by atoms with van der Waals surface area (Å²) in [7, 11) is 0. The maximum Gasteiger partial charge on any atom is 0.238 e. The van der Waals surface area contributed by atoms with Gasteiger partial charge in [0.05, 0.1) is 13.1 Å². The molecule has 0 atom stereocenters. The van der Waals surface area contributed by atoms with Gasteiger partial charge in [-0.1, -0.05) is 45.9 Å². The van der Waals surface area contributed by atoms with E-state index in [2.05, 4.69) is 42.8 Å².